The van der Waals surface area contributed by atoms with E-state index in [4.69, 9.17) is 4.42 Å². The highest BCUT2D eigenvalue weighted by atomic mass is 32.1. The Bertz CT molecular complexity index is 778. The number of amides is 1. The van der Waals surface area contributed by atoms with Crippen molar-refractivity contribution in [2.45, 2.75) is 6.17 Å². The van der Waals surface area contributed by atoms with E-state index in [1.165, 1.54) is 11.3 Å². The molecule has 3 heterocycles. The summed E-state index contributed by atoms with van der Waals surface area (Å²) < 4.78 is 5.36. The predicted octanol–water partition coefficient (Wildman–Crippen LogP) is 3.86. The highest BCUT2D eigenvalue weighted by Crippen LogP contribution is 2.39. The number of carbonyl (C=O) groups is 1. The van der Waals surface area contributed by atoms with Crippen LogP contribution in [0.2, 0.25) is 0 Å². The SMILES string of the molecule is O=C1N[C@@H](c2ccco2)Nc2scc(-c3ccccc3)c21. The maximum Gasteiger partial charge on any atom is 0.256 e. The van der Waals surface area contributed by atoms with E-state index >= 15 is 0 Å². The van der Waals surface area contributed by atoms with E-state index in [1.54, 1.807) is 6.26 Å². The van der Waals surface area contributed by atoms with Gasteiger partial charge in [0.05, 0.1) is 11.8 Å². The van der Waals surface area contributed by atoms with E-state index in [9.17, 15) is 4.79 Å². The standard InChI is InChI=1S/C16H12N2O2S/c19-15-13-11(10-5-2-1-3-6-10)9-21-16(13)18-14(17-15)12-7-4-8-20-12/h1-9,14,18H,(H,17,19)/t14-/m1/s1. The Morgan fingerprint density at radius 1 is 1.05 bits per heavy atom. The number of carbonyl (C=O) groups excluding carboxylic acids is 1. The number of anilines is 1. The third-order valence-electron chi connectivity index (χ3n) is 3.48. The lowest BCUT2D eigenvalue weighted by atomic mass is 10.0. The van der Waals surface area contributed by atoms with Crippen LogP contribution in [0.3, 0.4) is 0 Å². The van der Waals surface area contributed by atoms with E-state index in [0.29, 0.717) is 11.3 Å². The summed E-state index contributed by atoms with van der Waals surface area (Å²) in [5.74, 6) is 0.619. The van der Waals surface area contributed by atoms with Crippen LogP contribution >= 0.6 is 11.3 Å². The molecule has 0 fully saturated rings. The van der Waals surface area contributed by atoms with E-state index in [-0.39, 0.29) is 12.1 Å². The molecule has 0 radical (unpaired) electrons. The van der Waals surface area contributed by atoms with Gasteiger partial charge in [0.15, 0.2) is 6.17 Å². The van der Waals surface area contributed by atoms with Crippen molar-refractivity contribution < 1.29 is 9.21 Å². The first-order valence-electron chi connectivity index (χ1n) is 6.60. The number of nitrogens with one attached hydrogen (secondary N) is 2. The first-order valence-corrected chi connectivity index (χ1v) is 7.48. The molecule has 21 heavy (non-hydrogen) atoms. The lowest BCUT2D eigenvalue weighted by Gasteiger charge is -2.24. The number of hydrogen-bond donors (Lipinski definition) is 2. The predicted molar refractivity (Wildman–Crippen MR) is 82.3 cm³/mol. The molecule has 1 aromatic carbocycles. The molecule has 1 aliphatic rings. The van der Waals surface area contributed by atoms with Crippen LogP contribution in [-0.4, -0.2) is 5.91 Å². The highest BCUT2D eigenvalue weighted by molar-refractivity contribution is 7.15. The third kappa shape index (κ3) is 2.02. The van der Waals surface area contributed by atoms with Gasteiger partial charge in [-0.25, -0.2) is 0 Å². The molecule has 104 valence electrons. The van der Waals surface area contributed by atoms with Crippen molar-refractivity contribution in [3.63, 3.8) is 0 Å². The van der Waals surface area contributed by atoms with Gasteiger partial charge in [-0.1, -0.05) is 30.3 Å². The topological polar surface area (TPSA) is 54.3 Å². The van der Waals surface area contributed by atoms with Gasteiger partial charge in [0.25, 0.3) is 5.91 Å². The van der Waals surface area contributed by atoms with Gasteiger partial charge in [-0.3, -0.25) is 4.79 Å². The van der Waals surface area contributed by atoms with Crippen molar-refractivity contribution in [1.82, 2.24) is 5.32 Å². The number of thiophene rings is 1. The van der Waals surface area contributed by atoms with Gasteiger partial charge in [-0.15, -0.1) is 11.3 Å². The summed E-state index contributed by atoms with van der Waals surface area (Å²) in [7, 11) is 0. The van der Waals surface area contributed by atoms with Crippen LogP contribution in [0.1, 0.15) is 22.3 Å². The zero-order valence-corrected chi connectivity index (χ0v) is 11.8. The Morgan fingerprint density at radius 2 is 1.90 bits per heavy atom. The summed E-state index contributed by atoms with van der Waals surface area (Å²) in [6.45, 7) is 0. The fourth-order valence-electron chi connectivity index (χ4n) is 2.49. The minimum absolute atomic E-state index is 0.0785. The largest absolute Gasteiger partial charge is 0.465 e. The van der Waals surface area contributed by atoms with Gasteiger partial charge in [0.1, 0.15) is 10.8 Å². The van der Waals surface area contributed by atoms with Gasteiger partial charge in [0, 0.05) is 10.9 Å². The molecule has 0 unspecified atom stereocenters. The van der Waals surface area contributed by atoms with Crippen molar-refractivity contribution in [3.8, 4) is 11.1 Å². The van der Waals surface area contributed by atoms with Crippen molar-refractivity contribution in [3.05, 3.63) is 65.4 Å². The van der Waals surface area contributed by atoms with Gasteiger partial charge in [-0.2, -0.15) is 0 Å². The highest BCUT2D eigenvalue weighted by Gasteiger charge is 2.30. The Labute approximate surface area is 125 Å². The molecular weight excluding hydrogens is 284 g/mol. The summed E-state index contributed by atoms with van der Waals surface area (Å²) in [4.78, 5) is 12.5. The summed E-state index contributed by atoms with van der Waals surface area (Å²) in [6.07, 6.45) is 1.28. The van der Waals surface area contributed by atoms with Gasteiger partial charge in [0.2, 0.25) is 0 Å². The van der Waals surface area contributed by atoms with E-state index in [1.807, 2.05) is 47.8 Å². The van der Waals surface area contributed by atoms with Crippen molar-refractivity contribution >= 4 is 22.2 Å². The van der Waals surface area contributed by atoms with E-state index in [2.05, 4.69) is 10.6 Å². The van der Waals surface area contributed by atoms with Crippen LogP contribution < -0.4 is 10.6 Å². The molecule has 4 rings (SSSR count). The van der Waals surface area contributed by atoms with Crippen LogP contribution in [0.5, 0.6) is 0 Å². The normalized spacial score (nSPS) is 17.0. The quantitative estimate of drug-likeness (QED) is 0.755. The molecule has 2 aromatic heterocycles. The van der Waals surface area contributed by atoms with Crippen LogP contribution in [0.15, 0.2) is 58.5 Å². The zero-order valence-electron chi connectivity index (χ0n) is 11.0. The number of fused-ring (bicyclic) bond motifs is 1. The monoisotopic (exact) mass is 296 g/mol. The van der Waals surface area contributed by atoms with E-state index < -0.39 is 0 Å². The second kappa shape index (κ2) is 4.79. The van der Waals surface area contributed by atoms with Crippen molar-refractivity contribution in [1.29, 1.82) is 0 Å². The van der Waals surface area contributed by atoms with Crippen LogP contribution in [-0.2, 0) is 0 Å². The molecule has 4 nitrogen and oxygen atoms in total. The Kier molecular flexibility index (Phi) is 2.79. The van der Waals surface area contributed by atoms with Crippen LogP contribution in [0, 0.1) is 0 Å². The second-order valence-electron chi connectivity index (χ2n) is 4.79. The summed E-state index contributed by atoms with van der Waals surface area (Å²) in [5.41, 5.74) is 2.70. The number of hydrogen-bond acceptors (Lipinski definition) is 4. The zero-order chi connectivity index (χ0) is 14.2. The fraction of sp³-hybridized carbons (Fsp3) is 0.0625. The Balaban J connectivity index is 1.74. The summed E-state index contributed by atoms with van der Waals surface area (Å²) in [6, 6.07) is 13.6. The maximum atomic E-state index is 12.5. The van der Waals surface area contributed by atoms with Crippen LogP contribution in [0.4, 0.5) is 5.00 Å². The number of rotatable bonds is 2. The number of benzene rings is 1. The molecule has 1 amide bonds. The molecule has 1 aliphatic heterocycles. The lowest BCUT2D eigenvalue weighted by Crippen LogP contribution is -2.37. The first-order chi connectivity index (χ1) is 10.3. The molecule has 5 heteroatoms. The summed E-state index contributed by atoms with van der Waals surface area (Å²) >= 11 is 1.54. The maximum absolute atomic E-state index is 12.5. The van der Waals surface area contributed by atoms with Crippen molar-refractivity contribution in [2.75, 3.05) is 5.32 Å². The smallest absolute Gasteiger partial charge is 0.256 e. The van der Waals surface area contributed by atoms with Crippen LogP contribution in [0.25, 0.3) is 11.1 Å². The van der Waals surface area contributed by atoms with E-state index in [0.717, 1.165) is 16.1 Å². The van der Waals surface area contributed by atoms with Crippen molar-refractivity contribution in [2.24, 2.45) is 0 Å². The molecule has 0 aliphatic carbocycles. The molecule has 3 aromatic rings. The van der Waals surface area contributed by atoms with Gasteiger partial charge in [-0.05, 0) is 17.7 Å². The molecule has 2 N–H and O–H groups in total. The fourth-order valence-corrected chi connectivity index (χ4v) is 3.48. The Morgan fingerprint density at radius 3 is 2.67 bits per heavy atom. The summed E-state index contributed by atoms with van der Waals surface area (Å²) in [5, 5.41) is 9.13. The Hall–Kier alpha value is -2.53. The van der Waals surface area contributed by atoms with Gasteiger partial charge >= 0.3 is 0 Å². The van der Waals surface area contributed by atoms with Gasteiger partial charge < -0.3 is 15.1 Å². The average Bonchev–Trinajstić information content (AvgIpc) is 3.17. The lowest BCUT2D eigenvalue weighted by molar-refractivity contribution is 0.0932. The minimum atomic E-state index is -0.317. The second-order valence-corrected chi connectivity index (χ2v) is 5.67. The minimum Gasteiger partial charge on any atom is -0.465 e. The molecule has 0 saturated carbocycles. The molecule has 0 saturated heterocycles. The molecule has 0 bridgehead atoms. The first kappa shape index (κ1) is 12.2. The molecule has 1 atom stereocenters. The third-order valence-corrected chi connectivity index (χ3v) is 4.39. The molecular formula is C16H12N2O2S. The average molecular weight is 296 g/mol. The number of furan rings is 1. The molecule has 0 spiro atoms.